The molecule has 21 heavy (non-hydrogen) atoms. The fourth-order valence-corrected chi connectivity index (χ4v) is 3.49. The number of sulfonamides is 1. The zero-order chi connectivity index (χ0) is 15.5. The molecular weight excluding hydrogens is 290 g/mol. The lowest BCUT2D eigenvalue weighted by molar-refractivity contribution is 0.305. The lowest BCUT2D eigenvalue weighted by Crippen LogP contribution is -2.27. The van der Waals surface area contributed by atoms with Gasteiger partial charge in [0.15, 0.2) is 0 Å². The molecule has 0 radical (unpaired) electrons. The SMILES string of the molecule is COc1ccc(C#CCCO)cc1S(=O)(=O)NC1CC1C. The zero-order valence-electron chi connectivity index (χ0n) is 12.1. The molecule has 0 saturated heterocycles. The maximum Gasteiger partial charge on any atom is 0.244 e. The average molecular weight is 309 g/mol. The molecule has 1 saturated carbocycles. The van der Waals surface area contributed by atoms with Crippen LogP contribution < -0.4 is 9.46 Å². The number of benzene rings is 1. The van der Waals surface area contributed by atoms with Crippen LogP contribution in [-0.2, 0) is 10.0 Å². The first kappa shape index (κ1) is 15.8. The third-order valence-corrected chi connectivity index (χ3v) is 4.85. The number of hydrogen-bond donors (Lipinski definition) is 2. The van der Waals surface area contributed by atoms with Crippen LogP contribution in [-0.4, -0.2) is 33.3 Å². The van der Waals surface area contributed by atoms with Gasteiger partial charge in [0.05, 0.1) is 13.7 Å². The molecule has 2 unspecified atom stereocenters. The standard InChI is InChI=1S/C15H19NO4S/c1-11-9-13(11)16-21(18,19)15-10-12(5-3-4-8-17)6-7-14(15)20-2/h6-7,10-11,13,16-17H,4,8-9H2,1-2H3. The van der Waals surface area contributed by atoms with Gasteiger partial charge in [-0.25, -0.2) is 13.1 Å². The highest BCUT2D eigenvalue weighted by molar-refractivity contribution is 7.89. The Morgan fingerprint density at radius 3 is 2.76 bits per heavy atom. The predicted octanol–water partition coefficient (Wildman–Crippen LogP) is 1.12. The first-order chi connectivity index (χ1) is 9.97. The zero-order valence-corrected chi connectivity index (χ0v) is 12.9. The highest BCUT2D eigenvalue weighted by Crippen LogP contribution is 2.32. The van der Waals surface area contributed by atoms with Crippen LogP contribution in [0.25, 0.3) is 0 Å². The van der Waals surface area contributed by atoms with Crippen molar-refractivity contribution < 1.29 is 18.3 Å². The van der Waals surface area contributed by atoms with Crippen LogP contribution in [0.3, 0.4) is 0 Å². The first-order valence-corrected chi connectivity index (χ1v) is 8.26. The summed E-state index contributed by atoms with van der Waals surface area (Å²) >= 11 is 0. The largest absolute Gasteiger partial charge is 0.495 e. The molecule has 2 rings (SSSR count). The van der Waals surface area contributed by atoms with Gasteiger partial charge in [0.1, 0.15) is 10.6 Å². The van der Waals surface area contributed by atoms with Gasteiger partial charge in [-0.15, -0.1) is 0 Å². The van der Waals surface area contributed by atoms with Crippen LogP contribution in [0, 0.1) is 17.8 Å². The predicted molar refractivity (Wildman–Crippen MR) is 79.5 cm³/mol. The third-order valence-electron chi connectivity index (χ3n) is 3.34. The normalized spacial score (nSPS) is 20.5. The summed E-state index contributed by atoms with van der Waals surface area (Å²) in [7, 11) is -2.18. The molecule has 0 spiro atoms. The van der Waals surface area contributed by atoms with Crippen LogP contribution in [0.2, 0.25) is 0 Å². The molecule has 1 fully saturated rings. The van der Waals surface area contributed by atoms with E-state index in [0.29, 0.717) is 23.7 Å². The van der Waals surface area contributed by atoms with Gasteiger partial charge in [-0.3, -0.25) is 0 Å². The monoisotopic (exact) mass is 309 g/mol. The molecule has 1 aliphatic carbocycles. The molecule has 0 aromatic heterocycles. The molecule has 114 valence electrons. The molecule has 2 atom stereocenters. The van der Waals surface area contributed by atoms with E-state index in [2.05, 4.69) is 16.6 Å². The Kier molecular flexibility index (Phi) is 4.88. The van der Waals surface area contributed by atoms with Crippen molar-refractivity contribution in [1.29, 1.82) is 0 Å². The van der Waals surface area contributed by atoms with E-state index in [1.54, 1.807) is 12.1 Å². The summed E-state index contributed by atoms with van der Waals surface area (Å²) in [4.78, 5) is 0.0971. The molecule has 0 heterocycles. The minimum atomic E-state index is -3.62. The molecular formula is C15H19NO4S. The van der Waals surface area contributed by atoms with E-state index in [-0.39, 0.29) is 17.5 Å². The van der Waals surface area contributed by atoms with Crippen molar-refractivity contribution in [3.05, 3.63) is 23.8 Å². The van der Waals surface area contributed by atoms with Crippen molar-refractivity contribution in [3.8, 4) is 17.6 Å². The summed E-state index contributed by atoms with van der Waals surface area (Å²) in [5.74, 6) is 6.27. The summed E-state index contributed by atoms with van der Waals surface area (Å²) in [5.41, 5.74) is 0.577. The van der Waals surface area contributed by atoms with Gasteiger partial charge in [-0.1, -0.05) is 18.8 Å². The van der Waals surface area contributed by atoms with Gasteiger partial charge >= 0.3 is 0 Å². The molecule has 0 aliphatic heterocycles. The number of hydrogen-bond acceptors (Lipinski definition) is 4. The van der Waals surface area contributed by atoms with Gasteiger partial charge in [-0.05, 0) is 30.5 Å². The number of methoxy groups -OCH3 is 1. The fraction of sp³-hybridized carbons (Fsp3) is 0.467. The second kappa shape index (κ2) is 6.48. The van der Waals surface area contributed by atoms with Crippen LogP contribution in [0.4, 0.5) is 0 Å². The minimum Gasteiger partial charge on any atom is -0.495 e. The van der Waals surface area contributed by atoms with Gasteiger partial charge < -0.3 is 9.84 Å². The molecule has 0 bridgehead atoms. The van der Waals surface area contributed by atoms with E-state index in [1.165, 1.54) is 13.2 Å². The molecule has 2 N–H and O–H groups in total. The van der Waals surface area contributed by atoms with Crippen LogP contribution in [0.1, 0.15) is 25.3 Å². The average Bonchev–Trinajstić information content (AvgIpc) is 3.13. The number of aliphatic hydroxyl groups is 1. The molecule has 1 aliphatic rings. The van der Waals surface area contributed by atoms with Crippen molar-refractivity contribution in [2.24, 2.45) is 5.92 Å². The number of nitrogens with one attached hydrogen (secondary N) is 1. The Hall–Kier alpha value is -1.55. The molecule has 0 amide bonds. The summed E-state index contributed by atoms with van der Waals surface area (Å²) in [6.45, 7) is 1.98. The Morgan fingerprint density at radius 1 is 1.48 bits per heavy atom. The first-order valence-electron chi connectivity index (χ1n) is 6.78. The summed E-state index contributed by atoms with van der Waals surface area (Å²) < 4.78 is 32.6. The van der Waals surface area contributed by atoms with E-state index in [4.69, 9.17) is 9.84 Å². The Bertz CT molecular complexity index is 673. The van der Waals surface area contributed by atoms with E-state index in [0.717, 1.165) is 6.42 Å². The minimum absolute atomic E-state index is 0.00355. The van der Waals surface area contributed by atoms with Crippen LogP contribution >= 0.6 is 0 Å². The van der Waals surface area contributed by atoms with Crippen molar-refractivity contribution in [3.63, 3.8) is 0 Å². The second-order valence-corrected chi connectivity index (χ2v) is 6.76. The Morgan fingerprint density at radius 2 is 2.19 bits per heavy atom. The van der Waals surface area contributed by atoms with Crippen LogP contribution in [0.15, 0.2) is 23.1 Å². The molecule has 1 aromatic rings. The number of aliphatic hydroxyl groups excluding tert-OH is 1. The smallest absolute Gasteiger partial charge is 0.244 e. The topological polar surface area (TPSA) is 75.6 Å². The summed E-state index contributed by atoms with van der Waals surface area (Å²) in [6.07, 6.45) is 1.21. The van der Waals surface area contributed by atoms with E-state index in [1.807, 2.05) is 6.92 Å². The van der Waals surface area contributed by atoms with E-state index >= 15 is 0 Å². The van der Waals surface area contributed by atoms with Crippen molar-refractivity contribution in [1.82, 2.24) is 4.72 Å². The van der Waals surface area contributed by atoms with Crippen molar-refractivity contribution in [2.75, 3.05) is 13.7 Å². The fourth-order valence-electron chi connectivity index (χ4n) is 1.93. The van der Waals surface area contributed by atoms with Crippen molar-refractivity contribution in [2.45, 2.75) is 30.7 Å². The van der Waals surface area contributed by atoms with Crippen molar-refractivity contribution >= 4 is 10.0 Å². The number of ether oxygens (including phenoxy) is 1. The maximum absolute atomic E-state index is 12.4. The quantitative estimate of drug-likeness (QED) is 0.799. The second-order valence-electron chi connectivity index (χ2n) is 5.08. The van der Waals surface area contributed by atoms with Gasteiger partial charge in [0, 0.05) is 18.0 Å². The van der Waals surface area contributed by atoms with Gasteiger partial charge in [0.2, 0.25) is 10.0 Å². The van der Waals surface area contributed by atoms with E-state index in [9.17, 15) is 8.42 Å². The van der Waals surface area contributed by atoms with E-state index < -0.39 is 10.0 Å². The highest BCUT2D eigenvalue weighted by Gasteiger charge is 2.37. The molecule has 1 aromatic carbocycles. The summed E-state index contributed by atoms with van der Waals surface area (Å²) in [5, 5.41) is 8.71. The van der Waals surface area contributed by atoms with Crippen LogP contribution in [0.5, 0.6) is 5.75 Å². The van der Waals surface area contributed by atoms with Gasteiger partial charge in [-0.2, -0.15) is 0 Å². The highest BCUT2D eigenvalue weighted by atomic mass is 32.2. The Balaban J connectivity index is 2.31. The number of rotatable bonds is 5. The molecule has 5 nitrogen and oxygen atoms in total. The Labute approximate surface area is 125 Å². The lowest BCUT2D eigenvalue weighted by Gasteiger charge is -2.11. The summed E-state index contributed by atoms with van der Waals surface area (Å²) in [6, 6.07) is 4.79. The third kappa shape index (κ3) is 3.97. The molecule has 6 heteroatoms. The van der Waals surface area contributed by atoms with Gasteiger partial charge in [0.25, 0.3) is 0 Å². The maximum atomic E-state index is 12.4. The lowest BCUT2D eigenvalue weighted by atomic mass is 10.2.